The Morgan fingerprint density at radius 3 is 1.98 bits per heavy atom. The van der Waals surface area contributed by atoms with Crippen LogP contribution in [0.1, 0.15) is 44.4 Å². The lowest BCUT2D eigenvalue weighted by Gasteiger charge is -2.35. The first kappa shape index (κ1) is 31.2. The monoisotopic (exact) mass is 583 g/mol. The number of halogens is 1. The van der Waals surface area contributed by atoms with Crippen molar-refractivity contribution in [2.24, 2.45) is 0 Å². The Morgan fingerprint density at radius 1 is 0.875 bits per heavy atom. The van der Waals surface area contributed by atoms with Crippen LogP contribution in [0.5, 0.6) is 0 Å². The summed E-state index contributed by atoms with van der Waals surface area (Å²) in [6.07, 6.45) is 2.13. The number of nitrogens with one attached hydrogen (secondary N) is 1. The third kappa shape index (κ3) is 9.10. The highest BCUT2D eigenvalue weighted by atomic mass is 35.5. The zero-order valence-corrected chi connectivity index (χ0v) is 25.3. The van der Waals surface area contributed by atoms with Crippen molar-refractivity contribution < 1.29 is 18.0 Å². The predicted octanol–water partition coefficient (Wildman–Crippen LogP) is 5.22. The summed E-state index contributed by atoms with van der Waals surface area (Å²) in [7, 11) is -3.81. The lowest BCUT2D eigenvalue weighted by atomic mass is 10.0. The molecule has 0 bridgehead atoms. The zero-order chi connectivity index (χ0) is 29.5. The molecule has 0 unspecified atom stereocenters. The second-order valence-electron chi connectivity index (χ2n) is 10.9. The Morgan fingerprint density at radius 2 is 1.45 bits per heavy atom. The van der Waals surface area contributed by atoms with Crippen molar-refractivity contribution >= 4 is 39.1 Å². The van der Waals surface area contributed by atoms with Crippen LogP contribution in [0.4, 0.5) is 5.69 Å². The molecule has 3 aromatic carbocycles. The smallest absolute Gasteiger partial charge is 0.244 e. The number of rotatable bonds is 11. The van der Waals surface area contributed by atoms with E-state index in [0.29, 0.717) is 10.7 Å². The van der Waals surface area contributed by atoms with Crippen molar-refractivity contribution in [2.75, 3.05) is 17.1 Å². The molecule has 1 atom stereocenters. The molecule has 0 heterocycles. The summed E-state index contributed by atoms with van der Waals surface area (Å²) < 4.78 is 26.9. The van der Waals surface area contributed by atoms with Crippen LogP contribution in [0.3, 0.4) is 0 Å². The Hall–Kier alpha value is -3.36. The lowest BCUT2D eigenvalue weighted by Crippen LogP contribution is -2.56. The van der Waals surface area contributed by atoms with Crippen molar-refractivity contribution in [1.29, 1.82) is 0 Å². The van der Waals surface area contributed by atoms with Crippen molar-refractivity contribution in [1.82, 2.24) is 10.2 Å². The fourth-order valence-electron chi connectivity index (χ4n) is 4.30. The minimum atomic E-state index is -3.81. The Labute approximate surface area is 243 Å². The average molecular weight is 584 g/mol. The SMILES string of the molecule is CCc1ccc(N(CC(=O)N(Cc2ccc(Cl)cc2)[C@@H](Cc2ccccc2)C(=O)NC(C)(C)C)S(C)(=O)=O)cc1. The van der Waals surface area contributed by atoms with Crippen molar-refractivity contribution in [2.45, 2.75) is 58.7 Å². The second kappa shape index (κ2) is 13.3. The molecule has 0 radical (unpaired) electrons. The van der Waals surface area contributed by atoms with Crippen molar-refractivity contribution in [3.8, 4) is 0 Å². The van der Waals surface area contributed by atoms with Gasteiger partial charge in [0.25, 0.3) is 0 Å². The van der Waals surface area contributed by atoms with Gasteiger partial charge in [0.15, 0.2) is 0 Å². The highest BCUT2D eigenvalue weighted by molar-refractivity contribution is 7.92. The van der Waals surface area contributed by atoms with Crippen LogP contribution in [0.25, 0.3) is 0 Å². The topological polar surface area (TPSA) is 86.8 Å². The normalized spacial score (nSPS) is 12.4. The highest BCUT2D eigenvalue weighted by Crippen LogP contribution is 2.22. The molecule has 9 heteroatoms. The molecule has 2 amide bonds. The molecule has 214 valence electrons. The molecule has 3 rings (SSSR count). The van der Waals surface area contributed by atoms with Crippen LogP contribution in [-0.4, -0.2) is 49.5 Å². The first-order valence-electron chi connectivity index (χ1n) is 13.2. The third-order valence-electron chi connectivity index (χ3n) is 6.35. The van der Waals surface area contributed by atoms with E-state index in [1.54, 1.807) is 36.4 Å². The van der Waals surface area contributed by atoms with E-state index in [0.717, 1.165) is 33.7 Å². The first-order valence-corrected chi connectivity index (χ1v) is 15.5. The van der Waals surface area contributed by atoms with E-state index in [-0.39, 0.29) is 18.9 Å². The molecule has 0 saturated carbocycles. The average Bonchev–Trinajstić information content (AvgIpc) is 2.89. The maximum atomic E-state index is 14.1. The van der Waals surface area contributed by atoms with E-state index in [1.807, 2.05) is 70.2 Å². The number of hydrogen-bond acceptors (Lipinski definition) is 4. The number of carbonyl (C=O) groups excluding carboxylic acids is 2. The summed E-state index contributed by atoms with van der Waals surface area (Å²) in [5.74, 6) is -0.818. The van der Waals surface area contributed by atoms with E-state index in [1.165, 1.54) is 4.90 Å². The highest BCUT2D eigenvalue weighted by Gasteiger charge is 2.34. The minimum Gasteiger partial charge on any atom is -0.350 e. The molecule has 0 aromatic heterocycles. The molecule has 0 saturated heterocycles. The van der Waals surface area contributed by atoms with E-state index in [2.05, 4.69) is 5.32 Å². The molecule has 0 fully saturated rings. The van der Waals surface area contributed by atoms with E-state index in [4.69, 9.17) is 11.6 Å². The van der Waals surface area contributed by atoms with Gasteiger partial charge in [-0.3, -0.25) is 13.9 Å². The quantitative estimate of drug-likeness (QED) is 0.335. The number of aryl methyl sites for hydroxylation is 1. The van der Waals surface area contributed by atoms with Gasteiger partial charge in [-0.2, -0.15) is 0 Å². The molecular weight excluding hydrogens is 546 g/mol. The second-order valence-corrected chi connectivity index (χ2v) is 13.2. The Bertz CT molecular complexity index is 1390. The summed E-state index contributed by atoms with van der Waals surface area (Å²) in [5.41, 5.74) is 2.53. The molecule has 3 aromatic rings. The van der Waals surface area contributed by atoms with Gasteiger partial charge in [0.1, 0.15) is 12.6 Å². The van der Waals surface area contributed by atoms with Crippen LogP contribution in [-0.2, 0) is 39.0 Å². The van der Waals surface area contributed by atoms with Crippen LogP contribution < -0.4 is 9.62 Å². The summed E-state index contributed by atoms with van der Waals surface area (Å²) in [6.45, 7) is 7.28. The number of carbonyl (C=O) groups is 2. The van der Waals surface area contributed by atoms with Gasteiger partial charge in [-0.1, -0.05) is 73.1 Å². The van der Waals surface area contributed by atoms with Crippen LogP contribution in [0.15, 0.2) is 78.9 Å². The van der Waals surface area contributed by atoms with Gasteiger partial charge in [0, 0.05) is 23.5 Å². The van der Waals surface area contributed by atoms with E-state index >= 15 is 0 Å². The lowest BCUT2D eigenvalue weighted by molar-refractivity contribution is -0.140. The number of amides is 2. The maximum Gasteiger partial charge on any atom is 0.244 e. The molecule has 1 N–H and O–H groups in total. The van der Waals surface area contributed by atoms with Gasteiger partial charge in [0.2, 0.25) is 21.8 Å². The first-order chi connectivity index (χ1) is 18.8. The zero-order valence-electron chi connectivity index (χ0n) is 23.7. The molecule has 0 aliphatic heterocycles. The van der Waals surface area contributed by atoms with Crippen LogP contribution >= 0.6 is 11.6 Å². The van der Waals surface area contributed by atoms with Gasteiger partial charge < -0.3 is 10.2 Å². The maximum absolute atomic E-state index is 14.1. The van der Waals surface area contributed by atoms with Gasteiger partial charge in [0.05, 0.1) is 11.9 Å². The molecule has 7 nitrogen and oxygen atoms in total. The summed E-state index contributed by atoms with van der Waals surface area (Å²) >= 11 is 6.09. The number of hydrogen-bond donors (Lipinski definition) is 1. The number of benzene rings is 3. The van der Waals surface area contributed by atoms with Crippen molar-refractivity contribution in [3.63, 3.8) is 0 Å². The van der Waals surface area contributed by atoms with E-state index in [9.17, 15) is 18.0 Å². The van der Waals surface area contributed by atoms with Gasteiger partial charge in [-0.05, 0) is 68.1 Å². The van der Waals surface area contributed by atoms with Gasteiger partial charge >= 0.3 is 0 Å². The number of nitrogens with zero attached hydrogens (tertiary/aromatic N) is 2. The fourth-order valence-corrected chi connectivity index (χ4v) is 5.28. The molecule has 0 aliphatic carbocycles. The summed E-state index contributed by atoms with van der Waals surface area (Å²) in [4.78, 5) is 29.3. The molecule has 0 aliphatic rings. The molecule has 0 spiro atoms. The number of sulfonamides is 1. The van der Waals surface area contributed by atoms with Crippen LogP contribution in [0, 0.1) is 0 Å². The standard InChI is InChI=1S/C31H38ClN3O4S/c1-6-23-14-18-27(19-15-23)35(40(5,38)39)22-29(36)34(21-25-12-16-26(32)17-13-25)28(30(37)33-31(2,3)4)20-24-10-8-7-9-11-24/h7-19,28H,6,20-22H2,1-5H3,(H,33,37)/t28-/m0/s1. The molecular formula is C31H38ClN3O4S. The van der Waals surface area contributed by atoms with Crippen LogP contribution in [0.2, 0.25) is 5.02 Å². The third-order valence-corrected chi connectivity index (χ3v) is 7.74. The summed E-state index contributed by atoms with van der Waals surface area (Å²) in [5, 5.41) is 3.56. The predicted molar refractivity (Wildman–Crippen MR) is 162 cm³/mol. The van der Waals surface area contributed by atoms with E-state index < -0.39 is 34.1 Å². The Balaban J connectivity index is 2.05. The van der Waals surface area contributed by atoms with Crippen molar-refractivity contribution in [3.05, 3.63) is 101 Å². The minimum absolute atomic E-state index is 0.0947. The summed E-state index contributed by atoms with van der Waals surface area (Å²) in [6, 6.07) is 22.7. The number of anilines is 1. The Kier molecular flexibility index (Phi) is 10.4. The van der Waals surface area contributed by atoms with Gasteiger partial charge in [-0.25, -0.2) is 8.42 Å². The molecule has 40 heavy (non-hydrogen) atoms. The largest absolute Gasteiger partial charge is 0.350 e. The fraction of sp³-hybridized carbons (Fsp3) is 0.355. The van der Waals surface area contributed by atoms with Gasteiger partial charge in [-0.15, -0.1) is 0 Å².